The third kappa shape index (κ3) is 5.67. The number of nitrogens with one attached hydrogen (secondary N) is 1. The van der Waals surface area contributed by atoms with Gasteiger partial charge in [-0.1, -0.05) is 13.8 Å². The van der Waals surface area contributed by atoms with E-state index in [1.807, 2.05) is 13.8 Å². The van der Waals surface area contributed by atoms with Crippen LogP contribution in [0.4, 0.5) is 0 Å². The van der Waals surface area contributed by atoms with Crippen molar-refractivity contribution in [2.24, 2.45) is 16.5 Å². The summed E-state index contributed by atoms with van der Waals surface area (Å²) in [5.41, 5.74) is 11.7. The predicted octanol–water partition coefficient (Wildman–Crippen LogP) is 1.77. The first-order chi connectivity index (χ1) is 8.50. The van der Waals surface area contributed by atoms with Gasteiger partial charge in [0.05, 0.1) is 0 Å². The molecule has 0 atom stereocenters. The molecule has 0 saturated heterocycles. The minimum absolute atomic E-state index is 0.0800. The average Bonchev–Trinajstić information content (AvgIpc) is 2.73. The van der Waals surface area contributed by atoms with Crippen molar-refractivity contribution >= 4 is 23.3 Å². The van der Waals surface area contributed by atoms with E-state index in [1.165, 1.54) is 10.4 Å². The van der Waals surface area contributed by atoms with Crippen LogP contribution in [0.2, 0.25) is 0 Å². The van der Waals surface area contributed by atoms with E-state index in [2.05, 4.69) is 23.4 Å². The zero-order chi connectivity index (χ0) is 14.1. The number of likely N-dealkylation sites (N-methyl/N-ethyl adjacent to an activating group) is 1. The number of hydrogen-bond donors (Lipinski definition) is 3. The van der Waals surface area contributed by atoms with Gasteiger partial charge in [0, 0.05) is 18.5 Å². The number of nitrogens with two attached hydrogens (primary N) is 2. The molecule has 1 heterocycles. The van der Waals surface area contributed by atoms with Crippen molar-refractivity contribution < 1.29 is 0 Å². The summed E-state index contributed by atoms with van der Waals surface area (Å²) in [6.45, 7) is 6.83. The molecule has 1 rings (SSSR count). The Kier molecular flexibility index (Phi) is 7.78. The summed E-state index contributed by atoms with van der Waals surface area (Å²) in [6, 6.07) is 2.11. The summed E-state index contributed by atoms with van der Waals surface area (Å²) in [5, 5.41) is 9.66. The van der Waals surface area contributed by atoms with Gasteiger partial charge in [0.1, 0.15) is 0 Å². The van der Waals surface area contributed by atoms with Crippen LogP contribution in [0.5, 0.6) is 0 Å². The summed E-state index contributed by atoms with van der Waals surface area (Å²) in [7, 11) is 1.80. The number of aryl methyl sites for hydroxylation is 1. The van der Waals surface area contributed by atoms with Gasteiger partial charge in [-0.15, -0.1) is 11.3 Å². The van der Waals surface area contributed by atoms with Crippen LogP contribution >= 0.6 is 11.3 Å². The van der Waals surface area contributed by atoms with E-state index < -0.39 is 0 Å². The van der Waals surface area contributed by atoms with E-state index in [4.69, 9.17) is 16.9 Å². The summed E-state index contributed by atoms with van der Waals surface area (Å²) in [5.74, 6) is 0.0106. The maximum absolute atomic E-state index is 7.59. The lowest BCUT2D eigenvalue weighted by Crippen LogP contribution is -2.31. The van der Waals surface area contributed by atoms with E-state index in [-0.39, 0.29) is 11.9 Å². The normalized spacial score (nSPS) is 9.11. The molecule has 0 aliphatic rings. The summed E-state index contributed by atoms with van der Waals surface area (Å²) >= 11 is 1.74. The number of hydrogen-bond acceptors (Lipinski definition) is 2. The zero-order valence-electron chi connectivity index (χ0n) is 11.5. The second-order valence-electron chi connectivity index (χ2n) is 3.53. The molecule has 0 aromatic carbocycles. The molecule has 18 heavy (non-hydrogen) atoms. The molecule has 0 bridgehead atoms. The Morgan fingerprint density at radius 1 is 1.44 bits per heavy atom. The molecule has 0 aliphatic heterocycles. The summed E-state index contributed by atoms with van der Waals surface area (Å²) in [4.78, 5) is 6.72. The highest BCUT2D eigenvalue weighted by Gasteiger charge is 2.05. The van der Waals surface area contributed by atoms with Crippen LogP contribution in [0, 0.1) is 12.3 Å². The first kappa shape index (κ1) is 16.4. The molecule has 0 radical (unpaired) electrons. The number of aliphatic imine (C=N–C) groups is 1. The molecule has 5 nitrogen and oxygen atoms in total. The fraction of sp³-hybridized carbons (Fsp3) is 0.500. The number of guanidine groups is 2. The van der Waals surface area contributed by atoms with Gasteiger partial charge in [0.15, 0.2) is 5.96 Å². The van der Waals surface area contributed by atoms with Crippen molar-refractivity contribution in [2.45, 2.75) is 27.2 Å². The van der Waals surface area contributed by atoms with E-state index in [0.29, 0.717) is 0 Å². The molecule has 0 fully saturated rings. The van der Waals surface area contributed by atoms with Gasteiger partial charge in [0.25, 0.3) is 0 Å². The predicted molar refractivity (Wildman–Crippen MR) is 80.3 cm³/mol. The van der Waals surface area contributed by atoms with Crippen molar-refractivity contribution in [3.8, 4) is 0 Å². The maximum Gasteiger partial charge on any atom is 0.220 e. The van der Waals surface area contributed by atoms with Crippen LogP contribution < -0.4 is 11.5 Å². The molecule has 0 aliphatic carbocycles. The molecule has 0 amide bonds. The number of thiophene rings is 1. The van der Waals surface area contributed by atoms with Gasteiger partial charge in [0.2, 0.25) is 5.96 Å². The van der Waals surface area contributed by atoms with Gasteiger partial charge in [-0.25, -0.2) is 0 Å². The fourth-order valence-electron chi connectivity index (χ4n) is 1.27. The Hall–Kier alpha value is -1.56. The first-order valence-electron chi connectivity index (χ1n) is 5.93. The smallest absolute Gasteiger partial charge is 0.220 e. The van der Waals surface area contributed by atoms with Crippen LogP contribution in [-0.4, -0.2) is 30.4 Å². The Balaban J connectivity index is 0.00000137. The fourth-order valence-corrected chi connectivity index (χ4v) is 2.03. The molecule has 0 spiro atoms. The lowest BCUT2D eigenvalue weighted by atomic mass is 10.2. The Morgan fingerprint density at radius 2 is 2.06 bits per heavy atom. The van der Waals surface area contributed by atoms with Gasteiger partial charge in [-0.3, -0.25) is 5.41 Å². The van der Waals surface area contributed by atoms with Crippen molar-refractivity contribution in [3.05, 3.63) is 21.9 Å². The SMILES string of the molecule is CC.Cc1sccc1CCN(C)C(=N)N=C(N)N. The third-order valence-electron chi connectivity index (χ3n) is 2.28. The van der Waals surface area contributed by atoms with Crippen LogP contribution in [0.1, 0.15) is 24.3 Å². The van der Waals surface area contributed by atoms with Crippen molar-refractivity contribution in [2.75, 3.05) is 13.6 Å². The molecule has 1 aromatic rings. The third-order valence-corrected chi connectivity index (χ3v) is 3.17. The second kappa shape index (κ2) is 8.52. The van der Waals surface area contributed by atoms with Gasteiger partial charge < -0.3 is 16.4 Å². The van der Waals surface area contributed by atoms with Crippen LogP contribution in [0.25, 0.3) is 0 Å². The van der Waals surface area contributed by atoms with E-state index in [1.54, 1.807) is 23.3 Å². The number of nitrogens with zero attached hydrogens (tertiary/aromatic N) is 2. The molecule has 5 N–H and O–H groups in total. The minimum atomic E-state index is -0.0800. The molecule has 102 valence electrons. The van der Waals surface area contributed by atoms with Crippen molar-refractivity contribution in [3.63, 3.8) is 0 Å². The summed E-state index contributed by atoms with van der Waals surface area (Å²) < 4.78 is 0. The highest BCUT2D eigenvalue weighted by atomic mass is 32.1. The zero-order valence-corrected chi connectivity index (χ0v) is 12.3. The van der Waals surface area contributed by atoms with E-state index in [0.717, 1.165) is 13.0 Å². The Bertz CT molecular complexity index is 393. The molecule has 0 unspecified atom stereocenters. The van der Waals surface area contributed by atoms with Gasteiger partial charge in [-0.2, -0.15) is 4.99 Å². The number of rotatable bonds is 3. The highest BCUT2D eigenvalue weighted by Crippen LogP contribution is 2.15. The van der Waals surface area contributed by atoms with Crippen molar-refractivity contribution in [1.82, 2.24) is 4.90 Å². The van der Waals surface area contributed by atoms with E-state index >= 15 is 0 Å². The van der Waals surface area contributed by atoms with Gasteiger partial charge >= 0.3 is 0 Å². The van der Waals surface area contributed by atoms with Crippen LogP contribution in [-0.2, 0) is 6.42 Å². The summed E-state index contributed by atoms with van der Waals surface area (Å²) in [6.07, 6.45) is 0.897. The largest absolute Gasteiger partial charge is 0.370 e. The molecule has 0 saturated carbocycles. The Labute approximate surface area is 113 Å². The van der Waals surface area contributed by atoms with Crippen LogP contribution in [0.3, 0.4) is 0 Å². The lowest BCUT2D eigenvalue weighted by molar-refractivity contribution is 0.499. The second-order valence-corrected chi connectivity index (χ2v) is 4.65. The first-order valence-corrected chi connectivity index (χ1v) is 6.81. The molecule has 1 aromatic heterocycles. The molecular weight excluding hydrogens is 246 g/mol. The molecular formula is C12H23N5S. The van der Waals surface area contributed by atoms with Crippen molar-refractivity contribution in [1.29, 1.82) is 5.41 Å². The highest BCUT2D eigenvalue weighted by molar-refractivity contribution is 7.10. The quantitative estimate of drug-likeness (QED) is 0.577. The van der Waals surface area contributed by atoms with Crippen LogP contribution in [0.15, 0.2) is 16.4 Å². The lowest BCUT2D eigenvalue weighted by Gasteiger charge is -2.16. The van der Waals surface area contributed by atoms with E-state index in [9.17, 15) is 0 Å². The van der Waals surface area contributed by atoms with Gasteiger partial charge in [-0.05, 0) is 30.4 Å². The topological polar surface area (TPSA) is 91.5 Å². The monoisotopic (exact) mass is 269 g/mol. The maximum atomic E-state index is 7.59. The molecule has 6 heteroatoms. The Morgan fingerprint density at radius 3 is 2.50 bits per heavy atom. The standard InChI is InChI=1S/C10H17N5S.C2H6/c1-7-8(4-6-16-7)3-5-15(2)10(13)14-9(11)12;1-2/h4,6H,3,5H2,1-2H3,(H5,11,12,13,14);1-2H3. The average molecular weight is 269 g/mol. The minimum Gasteiger partial charge on any atom is -0.370 e.